The van der Waals surface area contributed by atoms with Crippen molar-refractivity contribution >= 4 is 5.96 Å². The molecule has 0 aromatic heterocycles. The monoisotopic (exact) mass is 334 g/mol. The lowest BCUT2D eigenvalue weighted by Crippen LogP contribution is -2.45. The molecule has 2 N–H and O–H groups in total. The molecule has 1 aliphatic rings. The Morgan fingerprint density at radius 2 is 2.29 bits per heavy atom. The molecule has 1 saturated heterocycles. The zero-order chi connectivity index (χ0) is 17.5. The Bertz CT molecular complexity index is 562. The van der Waals surface area contributed by atoms with E-state index in [1.165, 1.54) is 19.4 Å². The number of benzene rings is 1. The number of nitrogens with zero attached hydrogens (tertiary/aromatic N) is 3. The molecule has 0 aliphatic carbocycles. The third kappa shape index (κ3) is 4.54. The number of hydrogen-bond donors (Lipinski definition) is 2. The molecule has 1 unspecified atom stereocenters. The van der Waals surface area contributed by atoms with Gasteiger partial charge in [0.1, 0.15) is 11.5 Å². The van der Waals surface area contributed by atoms with Gasteiger partial charge in [-0.15, -0.1) is 0 Å². The molecule has 0 radical (unpaired) electrons. The van der Waals surface area contributed by atoms with Gasteiger partial charge in [0.2, 0.25) is 0 Å². The molecule has 1 atom stereocenters. The van der Waals surface area contributed by atoms with Crippen molar-refractivity contribution in [1.29, 1.82) is 0 Å². The van der Waals surface area contributed by atoms with E-state index < -0.39 is 0 Å². The number of ether oxygens (including phenoxy) is 1. The van der Waals surface area contributed by atoms with Crippen molar-refractivity contribution in [3.8, 4) is 11.5 Å². The summed E-state index contributed by atoms with van der Waals surface area (Å²) in [6.45, 7) is 5.97. The standard InChI is InChI=1S/C18H30N4O2/c1-5-22-10-6-7-15(22)13-21(3)18(19-2)20-12-14-11-16(24-4)8-9-17(14)23/h8-9,11,15,23H,5-7,10,12-13H2,1-4H3,(H,19,20). The highest BCUT2D eigenvalue weighted by molar-refractivity contribution is 5.79. The summed E-state index contributed by atoms with van der Waals surface area (Å²) in [6.07, 6.45) is 2.52. The van der Waals surface area contributed by atoms with Crippen molar-refractivity contribution in [1.82, 2.24) is 15.1 Å². The van der Waals surface area contributed by atoms with E-state index in [9.17, 15) is 5.11 Å². The summed E-state index contributed by atoms with van der Waals surface area (Å²) in [5.41, 5.74) is 0.792. The van der Waals surface area contributed by atoms with E-state index in [2.05, 4.69) is 34.1 Å². The largest absolute Gasteiger partial charge is 0.508 e. The molecule has 0 spiro atoms. The summed E-state index contributed by atoms with van der Waals surface area (Å²) in [5.74, 6) is 1.83. The van der Waals surface area contributed by atoms with Crippen LogP contribution in [0.3, 0.4) is 0 Å². The maximum Gasteiger partial charge on any atom is 0.193 e. The van der Waals surface area contributed by atoms with Crippen molar-refractivity contribution in [3.63, 3.8) is 0 Å². The molecule has 6 nitrogen and oxygen atoms in total. The minimum atomic E-state index is 0.259. The Kier molecular flexibility index (Phi) is 6.73. The maximum absolute atomic E-state index is 10.00. The average molecular weight is 334 g/mol. The summed E-state index contributed by atoms with van der Waals surface area (Å²) in [5, 5.41) is 13.3. The summed E-state index contributed by atoms with van der Waals surface area (Å²) >= 11 is 0. The Labute approximate surface area is 145 Å². The molecule has 1 aliphatic heterocycles. The first-order valence-electron chi connectivity index (χ1n) is 8.60. The Hall–Kier alpha value is -1.95. The zero-order valence-electron chi connectivity index (χ0n) is 15.2. The molecule has 0 amide bonds. The number of aromatic hydroxyl groups is 1. The molecule has 1 aromatic rings. The second-order valence-corrected chi connectivity index (χ2v) is 6.20. The molecule has 2 rings (SSSR count). The third-order valence-electron chi connectivity index (χ3n) is 4.69. The summed E-state index contributed by atoms with van der Waals surface area (Å²) in [4.78, 5) is 9.06. The van der Waals surface area contributed by atoms with Crippen LogP contribution in [0.5, 0.6) is 11.5 Å². The van der Waals surface area contributed by atoms with E-state index in [-0.39, 0.29) is 5.75 Å². The molecule has 134 valence electrons. The van der Waals surface area contributed by atoms with Gasteiger partial charge < -0.3 is 20.1 Å². The van der Waals surface area contributed by atoms with Crippen LogP contribution in [0.15, 0.2) is 23.2 Å². The van der Waals surface area contributed by atoms with Crippen molar-refractivity contribution in [2.75, 3.05) is 40.8 Å². The SMILES string of the molecule is CCN1CCCC1CN(C)C(=NC)NCc1cc(OC)ccc1O. The smallest absolute Gasteiger partial charge is 0.193 e. The average Bonchev–Trinajstić information content (AvgIpc) is 3.04. The minimum absolute atomic E-state index is 0.259. The Morgan fingerprint density at radius 3 is 2.96 bits per heavy atom. The zero-order valence-corrected chi connectivity index (χ0v) is 15.2. The molecule has 0 bridgehead atoms. The van der Waals surface area contributed by atoms with Gasteiger partial charge in [0.15, 0.2) is 5.96 Å². The normalized spacial score (nSPS) is 18.7. The number of phenolic OH excluding ortho intramolecular Hbond substituents is 1. The second kappa shape index (κ2) is 8.78. The van der Waals surface area contributed by atoms with Crippen molar-refractivity contribution in [2.45, 2.75) is 32.4 Å². The Morgan fingerprint density at radius 1 is 1.50 bits per heavy atom. The van der Waals surface area contributed by atoms with Crippen LogP contribution in [0.2, 0.25) is 0 Å². The first-order valence-corrected chi connectivity index (χ1v) is 8.60. The van der Waals surface area contributed by atoms with Gasteiger partial charge in [-0.1, -0.05) is 6.92 Å². The molecule has 0 saturated carbocycles. The molecule has 24 heavy (non-hydrogen) atoms. The van der Waals surface area contributed by atoms with Gasteiger partial charge in [0, 0.05) is 38.8 Å². The highest BCUT2D eigenvalue weighted by atomic mass is 16.5. The van der Waals surface area contributed by atoms with E-state index in [1.54, 1.807) is 26.3 Å². The van der Waals surface area contributed by atoms with Crippen molar-refractivity contribution < 1.29 is 9.84 Å². The van der Waals surface area contributed by atoms with E-state index >= 15 is 0 Å². The molecular formula is C18H30N4O2. The molecule has 1 aromatic carbocycles. The van der Waals surface area contributed by atoms with Crippen LogP contribution in [-0.2, 0) is 6.54 Å². The quantitative estimate of drug-likeness (QED) is 0.614. The Balaban J connectivity index is 1.94. The van der Waals surface area contributed by atoms with Crippen LogP contribution in [0.1, 0.15) is 25.3 Å². The lowest BCUT2D eigenvalue weighted by atomic mass is 10.2. The number of phenols is 1. The van der Waals surface area contributed by atoms with Crippen molar-refractivity contribution in [3.05, 3.63) is 23.8 Å². The maximum atomic E-state index is 10.00. The lowest BCUT2D eigenvalue weighted by Gasteiger charge is -2.29. The number of methoxy groups -OCH3 is 1. The number of guanidine groups is 1. The van der Waals surface area contributed by atoms with Gasteiger partial charge in [-0.3, -0.25) is 9.89 Å². The van der Waals surface area contributed by atoms with Crippen LogP contribution >= 0.6 is 0 Å². The predicted octanol–water partition coefficient (Wildman–Crippen LogP) is 1.89. The first kappa shape index (κ1) is 18.4. The minimum Gasteiger partial charge on any atom is -0.508 e. The number of hydrogen-bond acceptors (Lipinski definition) is 4. The van der Waals surface area contributed by atoms with Gasteiger partial charge in [0.05, 0.1) is 7.11 Å². The number of likely N-dealkylation sites (tertiary alicyclic amines) is 1. The number of aliphatic imine (C=N–C) groups is 1. The number of rotatable bonds is 6. The summed E-state index contributed by atoms with van der Waals surface area (Å²) in [6, 6.07) is 5.83. The van der Waals surface area contributed by atoms with Gasteiger partial charge in [-0.05, 0) is 44.1 Å². The van der Waals surface area contributed by atoms with Crippen LogP contribution in [0.25, 0.3) is 0 Å². The highest BCUT2D eigenvalue weighted by Gasteiger charge is 2.24. The highest BCUT2D eigenvalue weighted by Crippen LogP contribution is 2.22. The molecule has 1 heterocycles. The van der Waals surface area contributed by atoms with Gasteiger partial charge in [0.25, 0.3) is 0 Å². The fraction of sp³-hybridized carbons (Fsp3) is 0.611. The third-order valence-corrected chi connectivity index (χ3v) is 4.69. The van der Waals surface area contributed by atoms with Gasteiger partial charge in [-0.25, -0.2) is 0 Å². The van der Waals surface area contributed by atoms with Crippen LogP contribution < -0.4 is 10.1 Å². The van der Waals surface area contributed by atoms with E-state index in [0.717, 1.165) is 30.4 Å². The van der Waals surface area contributed by atoms with E-state index in [0.29, 0.717) is 12.6 Å². The van der Waals surface area contributed by atoms with Gasteiger partial charge >= 0.3 is 0 Å². The van der Waals surface area contributed by atoms with E-state index in [1.807, 2.05) is 6.07 Å². The topological polar surface area (TPSA) is 60.3 Å². The van der Waals surface area contributed by atoms with E-state index in [4.69, 9.17) is 4.74 Å². The number of nitrogens with one attached hydrogen (secondary N) is 1. The van der Waals surface area contributed by atoms with Crippen LogP contribution in [0.4, 0.5) is 0 Å². The molecule has 6 heteroatoms. The van der Waals surface area contributed by atoms with Crippen molar-refractivity contribution in [2.24, 2.45) is 4.99 Å². The van der Waals surface area contributed by atoms with Crippen LogP contribution in [-0.4, -0.2) is 67.7 Å². The predicted molar refractivity (Wildman–Crippen MR) is 97.8 cm³/mol. The fourth-order valence-corrected chi connectivity index (χ4v) is 3.31. The van der Waals surface area contributed by atoms with Gasteiger partial charge in [-0.2, -0.15) is 0 Å². The summed E-state index contributed by atoms with van der Waals surface area (Å²) < 4.78 is 5.22. The second-order valence-electron chi connectivity index (χ2n) is 6.20. The number of likely N-dealkylation sites (N-methyl/N-ethyl adjacent to an activating group) is 2. The summed E-state index contributed by atoms with van der Waals surface area (Å²) in [7, 11) is 5.47. The lowest BCUT2D eigenvalue weighted by molar-refractivity contribution is 0.232. The molecular weight excluding hydrogens is 304 g/mol. The molecule has 1 fully saturated rings. The fourth-order valence-electron chi connectivity index (χ4n) is 3.31. The first-order chi connectivity index (χ1) is 11.6. The van der Waals surface area contributed by atoms with Crippen LogP contribution in [0, 0.1) is 0 Å².